The second-order valence-electron chi connectivity index (χ2n) is 5.39. The molecule has 0 saturated carbocycles. The number of hydrogen-bond donors (Lipinski definition) is 3. The molecule has 0 aliphatic carbocycles. The SMILES string of the molecule is O=C(Cn1cc(Br)c(=O)[nH]c1=O)Nc1ccccc1NC(=O)c1cccs1. The normalized spacial score (nSPS) is 10.4. The molecule has 0 spiro atoms. The number of anilines is 2. The van der Waals surface area contributed by atoms with Crippen LogP contribution in [0.2, 0.25) is 0 Å². The Balaban J connectivity index is 1.75. The van der Waals surface area contributed by atoms with Crippen molar-refractivity contribution in [3.63, 3.8) is 0 Å². The first-order valence-electron chi connectivity index (χ1n) is 7.67. The quantitative estimate of drug-likeness (QED) is 0.555. The van der Waals surface area contributed by atoms with Gasteiger partial charge in [-0.15, -0.1) is 11.3 Å². The second kappa shape index (κ2) is 8.14. The van der Waals surface area contributed by atoms with Crippen LogP contribution in [0.1, 0.15) is 9.67 Å². The molecule has 0 radical (unpaired) electrons. The Morgan fingerprint density at radius 3 is 2.44 bits per heavy atom. The Hall–Kier alpha value is -2.98. The van der Waals surface area contributed by atoms with Crippen LogP contribution in [0.4, 0.5) is 11.4 Å². The van der Waals surface area contributed by atoms with Gasteiger partial charge >= 0.3 is 5.69 Å². The molecule has 0 aliphatic rings. The third kappa shape index (κ3) is 4.60. The monoisotopic (exact) mass is 448 g/mol. The lowest BCUT2D eigenvalue weighted by molar-refractivity contribution is -0.116. The molecular formula is C17H13BrN4O4S. The van der Waals surface area contributed by atoms with E-state index in [0.29, 0.717) is 16.3 Å². The third-order valence-electron chi connectivity index (χ3n) is 3.48. The van der Waals surface area contributed by atoms with Crippen LogP contribution in [0.5, 0.6) is 0 Å². The molecule has 0 fully saturated rings. The van der Waals surface area contributed by atoms with Gasteiger partial charge < -0.3 is 10.6 Å². The first-order chi connectivity index (χ1) is 12.9. The fourth-order valence-corrected chi connectivity index (χ4v) is 3.20. The van der Waals surface area contributed by atoms with Gasteiger partial charge in [0.1, 0.15) is 6.54 Å². The molecule has 8 nitrogen and oxygen atoms in total. The van der Waals surface area contributed by atoms with Gasteiger partial charge in [-0.05, 0) is 39.5 Å². The second-order valence-corrected chi connectivity index (χ2v) is 7.19. The lowest BCUT2D eigenvalue weighted by atomic mass is 10.2. The molecular weight excluding hydrogens is 436 g/mol. The molecule has 3 N–H and O–H groups in total. The number of carbonyl (C=O) groups excluding carboxylic acids is 2. The third-order valence-corrected chi connectivity index (χ3v) is 4.91. The minimum atomic E-state index is -0.697. The summed E-state index contributed by atoms with van der Waals surface area (Å²) >= 11 is 4.32. The number of thiophene rings is 1. The maximum absolute atomic E-state index is 12.3. The van der Waals surface area contributed by atoms with Crippen molar-refractivity contribution >= 4 is 50.5 Å². The summed E-state index contributed by atoms with van der Waals surface area (Å²) in [4.78, 5) is 50.3. The maximum atomic E-state index is 12.3. The summed E-state index contributed by atoms with van der Waals surface area (Å²) in [6, 6.07) is 10.2. The van der Waals surface area contributed by atoms with Gasteiger partial charge in [0.2, 0.25) is 5.91 Å². The average Bonchev–Trinajstić information content (AvgIpc) is 3.16. The molecule has 3 aromatic rings. The van der Waals surface area contributed by atoms with Gasteiger partial charge in [-0.2, -0.15) is 0 Å². The zero-order valence-electron chi connectivity index (χ0n) is 13.7. The van der Waals surface area contributed by atoms with Crippen molar-refractivity contribution in [1.29, 1.82) is 0 Å². The predicted molar refractivity (Wildman–Crippen MR) is 106 cm³/mol. The average molecular weight is 449 g/mol. The van der Waals surface area contributed by atoms with E-state index in [4.69, 9.17) is 0 Å². The van der Waals surface area contributed by atoms with Crippen molar-refractivity contribution in [2.45, 2.75) is 6.54 Å². The van der Waals surface area contributed by atoms with Crippen molar-refractivity contribution in [3.8, 4) is 0 Å². The first-order valence-corrected chi connectivity index (χ1v) is 9.34. The summed E-state index contributed by atoms with van der Waals surface area (Å²) in [5.74, 6) is -0.777. The van der Waals surface area contributed by atoms with Crippen LogP contribution in [0.15, 0.2) is 62.0 Å². The van der Waals surface area contributed by atoms with E-state index >= 15 is 0 Å². The molecule has 3 rings (SSSR count). The summed E-state index contributed by atoms with van der Waals surface area (Å²) in [5, 5.41) is 7.19. The number of benzene rings is 1. The van der Waals surface area contributed by atoms with E-state index in [1.807, 2.05) is 0 Å². The van der Waals surface area contributed by atoms with E-state index in [9.17, 15) is 19.2 Å². The van der Waals surface area contributed by atoms with Crippen LogP contribution >= 0.6 is 27.3 Å². The number of amides is 2. The zero-order valence-corrected chi connectivity index (χ0v) is 16.1. The number of aromatic amines is 1. The molecule has 2 heterocycles. The number of nitrogens with zero attached hydrogens (tertiary/aromatic N) is 1. The molecule has 1 aromatic carbocycles. The highest BCUT2D eigenvalue weighted by atomic mass is 79.9. The molecule has 138 valence electrons. The number of halogens is 1. The highest BCUT2D eigenvalue weighted by Gasteiger charge is 2.13. The molecule has 2 aromatic heterocycles. The van der Waals surface area contributed by atoms with Gasteiger partial charge in [-0.1, -0.05) is 18.2 Å². The van der Waals surface area contributed by atoms with Gasteiger partial charge in [0.05, 0.1) is 20.7 Å². The van der Waals surface area contributed by atoms with E-state index in [1.54, 1.807) is 41.8 Å². The number of carbonyl (C=O) groups is 2. The molecule has 27 heavy (non-hydrogen) atoms. The Kier molecular flexibility index (Phi) is 5.67. The first kappa shape index (κ1) is 18.8. The minimum absolute atomic E-state index is 0.138. The largest absolute Gasteiger partial charge is 0.328 e. The van der Waals surface area contributed by atoms with E-state index in [-0.39, 0.29) is 16.9 Å². The van der Waals surface area contributed by atoms with Crippen LogP contribution in [0.25, 0.3) is 0 Å². The molecule has 2 amide bonds. The van der Waals surface area contributed by atoms with Crippen molar-refractivity contribution in [3.05, 3.63) is 78.2 Å². The number of aromatic nitrogens is 2. The van der Waals surface area contributed by atoms with E-state index in [1.165, 1.54) is 17.5 Å². The van der Waals surface area contributed by atoms with Gasteiger partial charge in [-0.3, -0.25) is 23.9 Å². The van der Waals surface area contributed by atoms with Gasteiger partial charge in [0.25, 0.3) is 11.5 Å². The minimum Gasteiger partial charge on any atom is -0.323 e. The van der Waals surface area contributed by atoms with Crippen molar-refractivity contribution in [2.75, 3.05) is 10.6 Å². The molecule has 0 aliphatic heterocycles. The van der Waals surface area contributed by atoms with E-state index in [0.717, 1.165) is 4.57 Å². The Labute approximate surface area is 165 Å². The fraction of sp³-hybridized carbons (Fsp3) is 0.0588. The fourth-order valence-electron chi connectivity index (χ4n) is 2.24. The number of hydrogen-bond acceptors (Lipinski definition) is 5. The van der Waals surface area contributed by atoms with Crippen LogP contribution < -0.4 is 21.9 Å². The highest BCUT2D eigenvalue weighted by Crippen LogP contribution is 2.22. The van der Waals surface area contributed by atoms with Gasteiger partial charge in [0, 0.05) is 6.20 Å². The molecule has 0 unspecified atom stereocenters. The number of para-hydroxylation sites is 2. The van der Waals surface area contributed by atoms with Gasteiger partial charge in [0.15, 0.2) is 0 Å². The molecule has 0 atom stereocenters. The van der Waals surface area contributed by atoms with Crippen LogP contribution in [-0.4, -0.2) is 21.4 Å². The predicted octanol–water partition coefficient (Wildman–Crippen LogP) is 2.25. The van der Waals surface area contributed by atoms with Crippen LogP contribution in [-0.2, 0) is 11.3 Å². The summed E-state index contributed by atoms with van der Waals surface area (Å²) in [7, 11) is 0. The maximum Gasteiger partial charge on any atom is 0.328 e. The van der Waals surface area contributed by atoms with E-state index in [2.05, 4.69) is 31.5 Å². The number of nitrogens with one attached hydrogen (secondary N) is 3. The lowest BCUT2D eigenvalue weighted by Gasteiger charge is -2.12. The van der Waals surface area contributed by atoms with Crippen molar-refractivity contribution in [2.24, 2.45) is 0 Å². The van der Waals surface area contributed by atoms with E-state index < -0.39 is 17.2 Å². The standard InChI is InChI=1S/C17H13BrN4O4S/c18-10-8-22(17(26)21-15(10)24)9-14(23)19-11-4-1-2-5-12(11)20-16(25)13-6-3-7-27-13/h1-8H,9H2,(H,19,23)(H,20,25)(H,21,24,26). The summed E-state index contributed by atoms with van der Waals surface area (Å²) < 4.78 is 1.20. The van der Waals surface area contributed by atoms with Crippen LogP contribution in [0.3, 0.4) is 0 Å². The zero-order chi connectivity index (χ0) is 19.4. The molecule has 0 saturated heterocycles. The number of H-pyrrole nitrogens is 1. The summed E-state index contributed by atoms with van der Waals surface area (Å²) in [6.07, 6.45) is 1.24. The number of rotatable bonds is 5. The molecule has 0 bridgehead atoms. The van der Waals surface area contributed by atoms with Crippen molar-refractivity contribution < 1.29 is 9.59 Å². The van der Waals surface area contributed by atoms with Crippen LogP contribution in [0, 0.1) is 0 Å². The Morgan fingerprint density at radius 1 is 1.07 bits per heavy atom. The lowest BCUT2D eigenvalue weighted by Crippen LogP contribution is -2.33. The smallest absolute Gasteiger partial charge is 0.323 e. The van der Waals surface area contributed by atoms with Crippen molar-refractivity contribution in [1.82, 2.24) is 9.55 Å². The summed E-state index contributed by atoms with van der Waals surface area (Å²) in [6.45, 7) is -0.304. The summed E-state index contributed by atoms with van der Waals surface area (Å²) in [5.41, 5.74) is -0.445. The molecule has 10 heteroatoms. The topological polar surface area (TPSA) is 113 Å². The van der Waals surface area contributed by atoms with Gasteiger partial charge in [-0.25, -0.2) is 4.79 Å². The Morgan fingerprint density at radius 2 is 1.78 bits per heavy atom. The Bertz CT molecular complexity index is 1100. The highest BCUT2D eigenvalue weighted by molar-refractivity contribution is 9.10.